The highest BCUT2D eigenvalue weighted by molar-refractivity contribution is 5.69. The Labute approximate surface area is 179 Å². The second-order valence-electron chi connectivity index (χ2n) is 7.31. The molecule has 0 fully saturated rings. The van der Waals surface area contributed by atoms with Gasteiger partial charge in [-0.3, -0.25) is 4.79 Å². The average molecular weight is 408 g/mol. The summed E-state index contributed by atoms with van der Waals surface area (Å²) in [5.41, 5.74) is 5.35. The molecule has 4 heteroatoms. The van der Waals surface area contributed by atoms with E-state index in [1.807, 2.05) is 0 Å². The number of hydrogen-bond acceptors (Lipinski definition) is 4. The number of rotatable bonds is 21. The molecule has 0 aromatic heterocycles. The first-order chi connectivity index (χ1) is 14.3. The van der Waals surface area contributed by atoms with Crippen molar-refractivity contribution in [1.29, 1.82) is 0 Å². The van der Waals surface area contributed by atoms with E-state index in [1.165, 1.54) is 38.5 Å². The monoisotopic (exact) mass is 407 g/mol. The van der Waals surface area contributed by atoms with E-state index in [-0.39, 0.29) is 5.97 Å². The molecule has 0 atom stereocenters. The molecule has 0 spiro atoms. The molecule has 0 aliphatic heterocycles. The average Bonchev–Trinajstić information content (AvgIpc) is 2.73. The van der Waals surface area contributed by atoms with Crippen molar-refractivity contribution in [1.82, 2.24) is 0 Å². The molecule has 29 heavy (non-hydrogen) atoms. The Balaban J connectivity index is 3.26. The van der Waals surface area contributed by atoms with Gasteiger partial charge in [-0.05, 0) is 57.9 Å². The number of carbonyl (C=O) groups is 1. The minimum absolute atomic E-state index is 0.159. The Kier molecular flexibility index (Phi) is 23.5. The Morgan fingerprint density at radius 2 is 1.34 bits per heavy atom. The van der Waals surface area contributed by atoms with E-state index >= 15 is 0 Å². The summed E-state index contributed by atoms with van der Waals surface area (Å²) in [6.07, 6.45) is 27.4. The van der Waals surface area contributed by atoms with Gasteiger partial charge in [-0.2, -0.15) is 0 Å². The van der Waals surface area contributed by atoms with Gasteiger partial charge in [-0.15, -0.1) is 0 Å². The number of ether oxygens (including phenoxy) is 2. The Bertz CT molecular complexity index is 430. The van der Waals surface area contributed by atoms with Crippen LogP contribution >= 0.6 is 0 Å². The molecule has 0 aromatic carbocycles. The van der Waals surface area contributed by atoms with E-state index < -0.39 is 0 Å². The fraction of sp³-hybridized carbons (Fsp3) is 0.720. The molecule has 2 N–H and O–H groups in total. The maximum Gasteiger partial charge on any atom is 0.305 e. The number of carbonyl (C=O) groups excluding carboxylic acids is 1. The van der Waals surface area contributed by atoms with Gasteiger partial charge < -0.3 is 15.2 Å². The van der Waals surface area contributed by atoms with Crippen LogP contribution in [0, 0.1) is 0 Å². The van der Waals surface area contributed by atoms with Gasteiger partial charge in [0.25, 0.3) is 0 Å². The van der Waals surface area contributed by atoms with E-state index in [9.17, 15) is 4.79 Å². The highest BCUT2D eigenvalue weighted by Crippen LogP contribution is 2.03. The molecule has 4 nitrogen and oxygen atoms in total. The molecular formula is C25H45NO3. The van der Waals surface area contributed by atoms with Crippen LogP contribution in [0.2, 0.25) is 0 Å². The summed E-state index contributed by atoms with van der Waals surface area (Å²) in [6, 6.07) is 0. The van der Waals surface area contributed by atoms with Gasteiger partial charge in [-0.1, -0.05) is 62.6 Å². The Morgan fingerprint density at radius 1 is 0.724 bits per heavy atom. The van der Waals surface area contributed by atoms with Gasteiger partial charge >= 0.3 is 5.97 Å². The second-order valence-corrected chi connectivity index (χ2v) is 7.31. The van der Waals surface area contributed by atoms with Crippen molar-refractivity contribution in [2.24, 2.45) is 5.73 Å². The Hall–Kier alpha value is -1.39. The van der Waals surface area contributed by atoms with Crippen LogP contribution in [-0.4, -0.2) is 32.3 Å². The van der Waals surface area contributed by atoms with Crippen LogP contribution in [0.1, 0.15) is 90.4 Å². The smallest absolute Gasteiger partial charge is 0.305 e. The molecule has 0 aliphatic carbocycles. The fourth-order valence-corrected chi connectivity index (χ4v) is 2.70. The number of unbranched alkanes of at least 4 members (excludes halogenated alkanes) is 6. The lowest BCUT2D eigenvalue weighted by atomic mass is 10.2. The second kappa shape index (κ2) is 24.6. The maximum absolute atomic E-state index is 11.3. The summed E-state index contributed by atoms with van der Waals surface area (Å²) in [5.74, 6) is -0.159. The van der Waals surface area contributed by atoms with Crippen LogP contribution in [-0.2, 0) is 14.3 Å². The molecule has 0 unspecified atom stereocenters. The fourth-order valence-electron chi connectivity index (χ4n) is 2.70. The summed E-state index contributed by atoms with van der Waals surface area (Å²) >= 11 is 0. The quantitative estimate of drug-likeness (QED) is 0.138. The van der Waals surface area contributed by atoms with E-state index in [0.717, 1.165) is 38.7 Å². The van der Waals surface area contributed by atoms with Gasteiger partial charge in [0.05, 0.1) is 6.61 Å². The lowest BCUT2D eigenvalue weighted by Gasteiger charge is -2.05. The van der Waals surface area contributed by atoms with Gasteiger partial charge in [-0.25, -0.2) is 0 Å². The minimum Gasteiger partial charge on any atom is -0.466 e. The molecule has 0 aliphatic rings. The SMILES string of the molecule is CCCCC/C=C\C/C=C\C/C=C\CCCCCOCCCOC(=O)CCCN. The van der Waals surface area contributed by atoms with Gasteiger partial charge in [0.2, 0.25) is 0 Å². The molecule has 0 amide bonds. The van der Waals surface area contributed by atoms with E-state index in [0.29, 0.717) is 32.6 Å². The van der Waals surface area contributed by atoms with Gasteiger partial charge in [0, 0.05) is 26.1 Å². The van der Waals surface area contributed by atoms with E-state index in [1.54, 1.807) is 0 Å². The zero-order valence-electron chi connectivity index (χ0n) is 18.8. The molecule has 0 radical (unpaired) electrons. The number of nitrogens with two attached hydrogens (primary N) is 1. The maximum atomic E-state index is 11.3. The van der Waals surface area contributed by atoms with Crippen LogP contribution in [0.4, 0.5) is 0 Å². The Morgan fingerprint density at radius 3 is 2.00 bits per heavy atom. The topological polar surface area (TPSA) is 61.5 Å². The van der Waals surface area contributed by atoms with E-state index in [2.05, 4.69) is 43.4 Å². The van der Waals surface area contributed by atoms with Crippen LogP contribution in [0.25, 0.3) is 0 Å². The molecule has 0 saturated heterocycles. The van der Waals surface area contributed by atoms with Crippen molar-refractivity contribution in [2.45, 2.75) is 90.4 Å². The highest BCUT2D eigenvalue weighted by atomic mass is 16.5. The number of hydrogen-bond donors (Lipinski definition) is 1. The predicted octanol–water partition coefficient (Wildman–Crippen LogP) is 6.26. The molecule has 0 rings (SSSR count). The third-order valence-corrected chi connectivity index (χ3v) is 4.46. The van der Waals surface area contributed by atoms with Gasteiger partial charge in [0.1, 0.15) is 0 Å². The van der Waals surface area contributed by atoms with Crippen molar-refractivity contribution in [3.8, 4) is 0 Å². The van der Waals surface area contributed by atoms with Crippen molar-refractivity contribution in [3.05, 3.63) is 36.5 Å². The summed E-state index contributed by atoms with van der Waals surface area (Å²) in [7, 11) is 0. The summed E-state index contributed by atoms with van der Waals surface area (Å²) < 4.78 is 10.7. The van der Waals surface area contributed by atoms with Crippen molar-refractivity contribution in [3.63, 3.8) is 0 Å². The highest BCUT2D eigenvalue weighted by Gasteiger charge is 2.00. The normalized spacial score (nSPS) is 11.9. The van der Waals surface area contributed by atoms with Crippen molar-refractivity contribution < 1.29 is 14.3 Å². The number of esters is 1. The minimum atomic E-state index is -0.159. The predicted molar refractivity (Wildman–Crippen MR) is 124 cm³/mol. The largest absolute Gasteiger partial charge is 0.466 e. The van der Waals surface area contributed by atoms with Crippen LogP contribution in [0.15, 0.2) is 36.5 Å². The first kappa shape index (κ1) is 27.6. The number of allylic oxidation sites excluding steroid dienone is 6. The standard InChI is InChI=1S/C25H45NO3/c1-2-3-4-5-6-7-8-9-10-11-12-13-14-15-16-17-22-28-23-19-24-29-25(27)20-18-21-26/h6-7,9-10,12-13H,2-5,8,11,14-24,26H2,1H3/b7-6-,10-9-,13-12-. The summed E-state index contributed by atoms with van der Waals surface area (Å²) in [6.45, 7) is 4.66. The van der Waals surface area contributed by atoms with Crippen LogP contribution < -0.4 is 5.73 Å². The van der Waals surface area contributed by atoms with E-state index in [4.69, 9.17) is 15.2 Å². The molecule has 0 heterocycles. The third-order valence-electron chi connectivity index (χ3n) is 4.46. The van der Waals surface area contributed by atoms with Gasteiger partial charge in [0.15, 0.2) is 0 Å². The summed E-state index contributed by atoms with van der Waals surface area (Å²) in [4.78, 5) is 11.3. The van der Waals surface area contributed by atoms with Crippen molar-refractivity contribution in [2.75, 3.05) is 26.4 Å². The lowest BCUT2D eigenvalue weighted by Crippen LogP contribution is -2.10. The molecule has 0 aromatic rings. The van der Waals surface area contributed by atoms with Crippen LogP contribution in [0.5, 0.6) is 0 Å². The zero-order chi connectivity index (χ0) is 21.3. The van der Waals surface area contributed by atoms with Crippen LogP contribution in [0.3, 0.4) is 0 Å². The lowest BCUT2D eigenvalue weighted by molar-refractivity contribution is -0.144. The molecular weight excluding hydrogens is 362 g/mol. The molecule has 0 saturated carbocycles. The first-order valence-electron chi connectivity index (χ1n) is 11.7. The molecule has 0 bridgehead atoms. The zero-order valence-corrected chi connectivity index (χ0v) is 18.8. The molecule has 168 valence electrons. The first-order valence-corrected chi connectivity index (χ1v) is 11.7. The third kappa shape index (κ3) is 24.6. The van der Waals surface area contributed by atoms with Crippen molar-refractivity contribution >= 4 is 5.97 Å². The summed E-state index contributed by atoms with van der Waals surface area (Å²) in [5, 5.41) is 0.